The van der Waals surface area contributed by atoms with Gasteiger partial charge in [0.25, 0.3) is 0 Å². The fourth-order valence-electron chi connectivity index (χ4n) is 11.7. The molecule has 0 N–H and O–H groups in total. The van der Waals surface area contributed by atoms with Crippen molar-refractivity contribution in [2.75, 3.05) is 0 Å². The minimum Gasteiger partial charge on any atom is -0.259 e. The van der Waals surface area contributed by atoms with Crippen molar-refractivity contribution in [3.63, 3.8) is 0 Å². The van der Waals surface area contributed by atoms with Crippen LogP contribution in [0.15, 0.2) is 74.2 Å². The van der Waals surface area contributed by atoms with Gasteiger partial charge in [-0.1, -0.05) is 113 Å². The van der Waals surface area contributed by atoms with Crippen LogP contribution in [0.3, 0.4) is 0 Å². The summed E-state index contributed by atoms with van der Waals surface area (Å²) in [5.41, 5.74) is 13.9. The first-order valence-electron chi connectivity index (χ1n) is 34.6. The lowest BCUT2D eigenvalue weighted by Gasteiger charge is -2.13. The zero-order valence-electron chi connectivity index (χ0n) is 58.4. The van der Waals surface area contributed by atoms with E-state index in [0.29, 0.717) is 94.7 Å². The highest BCUT2D eigenvalue weighted by Gasteiger charge is 2.36. The Balaban J connectivity index is 0.000000146. The van der Waals surface area contributed by atoms with Crippen LogP contribution in [-0.2, 0) is 0 Å². The molecular weight excluding hydrogens is 1720 g/mol. The van der Waals surface area contributed by atoms with Gasteiger partial charge in [-0.25, -0.2) is 37.5 Å². The topological polar surface area (TPSA) is 90.2 Å². The van der Waals surface area contributed by atoms with Crippen LogP contribution in [0.5, 0.6) is 0 Å². The summed E-state index contributed by atoms with van der Waals surface area (Å²) in [6.45, 7) is 28.9. The van der Waals surface area contributed by atoms with Crippen molar-refractivity contribution in [1.82, 2.24) is 34.9 Å². The van der Waals surface area contributed by atoms with Gasteiger partial charge < -0.3 is 0 Å². The molecule has 0 aliphatic heterocycles. The monoisotopic (exact) mass is 1800 g/mol. The van der Waals surface area contributed by atoms with E-state index in [1.807, 2.05) is 19.9 Å². The standard InChI is InChI=1S/7C11H13BrFN/c1-6(2)11-9(7-3-4-7)10(12)8(13)5-14-11;1-6(2)11-9(7-3-4-7)10(13)8(12)5-14-11;1-6(2)11-10(7-3-4-7)8(12)5-9(13)14-11;1-6(2)10-8(12)5-9(13)11(14-10)7-3-4-7;1-6(2)11-10(12)8(7-3-4-7)5-9(13)14-11;1-6(2)10-8(7-3-4-7)5-9(13)11(12)14-10;1-6(2)10-8(7-3-4-7)5-9(12)11(13)14-10/h7*5-7H,3-4H2,1-2H3. The molecule has 0 spiro atoms. The molecule has 14 rings (SSSR count). The smallest absolute Gasteiger partial charge is 0.227 e. The molecule has 532 valence electrons. The lowest BCUT2D eigenvalue weighted by molar-refractivity contribution is 0.561. The summed E-state index contributed by atoms with van der Waals surface area (Å²) < 4.78 is 98.1. The maximum absolute atomic E-state index is 13.8. The molecule has 7 aromatic heterocycles. The van der Waals surface area contributed by atoms with Crippen molar-refractivity contribution >= 4 is 112 Å². The van der Waals surface area contributed by atoms with Crippen LogP contribution in [0.1, 0.15) is 349 Å². The first kappa shape index (κ1) is 80.6. The predicted octanol–water partition coefficient (Wildman–Crippen LogP) is 27.9. The second-order valence-corrected chi connectivity index (χ2v) is 34.8. The van der Waals surface area contributed by atoms with Crippen LogP contribution in [-0.4, -0.2) is 34.9 Å². The Labute approximate surface area is 635 Å². The van der Waals surface area contributed by atoms with Gasteiger partial charge in [-0.05, 0) is 314 Å². The minimum absolute atomic E-state index is 0.105. The highest BCUT2D eigenvalue weighted by Crippen LogP contribution is 2.50. The fourth-order valence-corrected chi connectivity index (χ4v) is 15.7. The Morgan fingerprint density at radius 2 is 0.724 bits per heavy atom. The van der Waals surface area contributed by atoms with E-state index in [4.69, 9.17) is 0 Å². The largest absolute Gasteiger partial charge is 0.259 e. The van der Waals surface area contributed by atoms with Crippen molar-refractivity contribution < 1.29 is 30.7 Å². The third kappa shape index (κ3) is 22.2. The number of pyridine rings is 7. The van der Waals surface area contributed by atoms with Crippen molar-refractivity contribution in [3.8, 4) is 0 Å². The summed E-state index contributed by atoms with van der Waals surface area (Å²) in [7, 11) is 0. The number of halogens is 14. The summed E-state index contributed by atoms with van der Waals surface area (Å²) in [4.78, 5) is 29.1. The molecule has 98 heavy (non-hydrogen) atoms. The number of hydrogen-bond donors (Lipinski definition) is 0. The van der Waals surface area contributed by atoms with Crippen LogP contribution in [0.4, 0.5) is 30.7 Å². The van der Waals surface area contributed by atoms with Crippen molar-refractivity contribution in [1.29, 1.82) is 0 Å². The van der Waals surface area contributed by atoms with Gasteiger partial charge in [0.15, 0.2) is 11.6 Å². The normalized spacial score (nSPS) is 16.4. The number of aromatic nitrogens is 7. The summed E-state index contributed by atoms with van der Waals surface area (Å²) >= 11 is 23.1. The van der Waals surface area contributed by atoms with E-state index in [9.17, 15) is 30.7 Å². The molecule has 0 radical (unpaired) electrons. The molecular formula is C77H91Br7F7N7. The van der Waals surface area contributed by atoms with Crippen molar-refractivity contribution in [3.05, 3.63) is 194 Å². The van der Waals surface area contributed by atoms with E-state index in [1.54, 1.807) is 24.4 Å². The van der Waals surface area contributed by atoms with E-state index < -0.39 is 5.95 Å². The zero-order valence-corrected chi connectivity index (χ0v) is 69.5. The summed E-state index contributed by atoms with van der Waals surface area (Å²) in [5, 5.41) is 0. The van der Waals surface area contributed by atoms with Crippen molar-refractivity contribution in [2.45, 2.75) is 270 Å². The Kier molecular flexibility index (Phi) is 29.3. The van der Waals surface area contributed by atoms with E-state index in [1.165, 1.54) is 87.6 Å². The Bertz CT molecular complexity index is 3660. The van der Waals surface area contributed by atoms with Gasteiger partial charge in [0.2, 0.25) is 17.8 Å². The number of nitrogens with zero attached hydrogens (tertiary/aromatic N) is 7. The molecule has 21 heteroatoms. The van der Waals surface area contributed by atoms with E-state index >= 15 is 0 Å². The first-order chi connectivity index (χ1) is 46.2. The van der Waals surface area contributed by atoms with Gasteiger partial charge in [-0.3, -0.25) is 15.0 Å². The van der Waals surface area contributed by atoms with Gasteiger partial charge >= 0.3 is 0 Å². The molecule has 7 heterocycles. The average molecular weight is 1810 g/mol. The van der Waals surface area contributed by atoms with E-state index in [0.717, 1.165) is 101 Å². The van der Waals surface area contributed by atoms with Gasteiger partial charge in [-0.15, -0.1) is 0 Å². The molecule has 0 amide bonds. The third-order valence-electron chi connectivity index (χ3n) is 17.8. The number of rotatable bonds is 14. The first-order valence-corrected chi connectivity index (χ1v) is 40.2. The molecule has 7 saturated carbocycles. The maximum atomic E-state index is 13.8. The maximum Gasteiger partial charge on any atom is 0.227 e. The van der Waals surface area contributed by atoms with E-state index in [-0.39, 0.29) is 47.0 Å². The molecule has 0 unspecified atom stereocenters. The average Bonchev–Trinajstić information content (AvgIpc) is 1.68. The van der Waals surface area contributed by atoms with Gasteiger partial charge in [0, 0.05) is 59.9 Å². The molecule has 0 atom stereocenters. The minimum atomic E-state index is -0.391. The molecule has 0 aromatic carbocycles. The SMILES string of the molecule is CC(C)c1nc(Br)c(F)cc1C1CC1.CC(C)c1nc(C2CC2)c(F)cc1Br.CC(C)c1nc(F)c(Br)cc1C1CC1.CC(C)c1nc(F)cc(Br)c1C1CC1.CC(C)c1nc(F)cc(C2CC2)c1Br.CC(C)c1ncc(Br)c(F)c1C1CC1.CC(C)c1ncc(F)c(Br)c1C1CC1. The van der Waals surface area contributed by atoms with Gasteiger partial charge in [0.1, 0.15) is 16.2 Å². The quantitative estimate of drug-likeness (QED) is 0.0791. The molecule has 7 aromatic rings. The van der Waals surface area contributed by atoms with Crippen LogP contribution in [0.2, 0.25) is 0 Å². The molecule has 7 nitrogen and oxygen atoms in total. The fraction of sp³-hybridized carbons (Fsp3) is 0.545. The summed E-state index contributed by atoms with van der Waals surface area (Å²) in [6.07, 6.45) is 19.2. The summed E-state index contributed by atoms with van der Waals surface area (Å²) in [6, 6.07) is 8.13. The Morgan fingerprint density at radius 1 is 0.306 bits per heavy atom. The van der Waals surface area contributed by atoms with Gasteiger partial charge in [-0.2, -0.15) is 13.2 Å². The van der Waals surface area contributed by atoms with Crippen LogP contribution < -0.4 is 0 Å². The molecule has 7 aliphatic rings. The third-order valence-corrected chi connectivity index (χ3v) is 22.5. The van der Waals surface area contributed by atoms with Crippen LogP contribution in [0, 0.1) is 41.1 Å². The molecule has 7 aliphatic carbocycles. The Hall–Kier alpha value is -3.08. The van der Waals surface area contributed by atoms with Crippen LogP contribution >= 0.6 is 112 Å². The Morgan fingerprint density at radius 3 is 1.21 bits per heavy atom. The molecule has 0 saturated heterocycles. The lowest BCUT2D eigenvalue weighted by Crippen LogP contribution is -2.02. The summed E-state index contributed by atoms with van der Waals surface area (Å²) in [5.74, 6) is 4.00. The van der Waals surface area contributed by atoms with Crippen molar-refractivity contribution in [2.24, 2.45) is 0 Å². The van der Waals surface area contributed by atoms with Crippen LogP contribution in [0.25, 0.3) is 0 Å². The van der Waals surface area contributed by atoms with E-state index in [2.05, 4.69) is 229 Å². The van der Waals surface area contributed by atoms with Gasteiger partial charge in [0.05, 0.1) is 42.4 Å². The highest BCUT2D eigenvalue weighted by molar-refractivity contribution is 9.11. The highest BCUT2D eigenvalue weighted by atomic mass is 79.9. The number of hydrogen-bond acceptors (Lipinski definition) is 7. The second kappa shape index (κ2) is 35.6. The molecule has 7 fully saturated rings. The predicted molar refractivity (Wildman–Crippen MR) is 406 cm³/mol. The molecule has 0 bridgehead atoms. The zero-order chi connectivity index (χ0) is 72.0. The lowest BCUT2D eigenvalue weighted by atomic mass is 10.00. The second-order valence-electron chi connectivity index (χ2n) is 29.1.